The summed E-state index contributed by atoms with van der Waals surface area (Å²) in [4.78, 5) is 22.2. The number of hydrogen-bond acceptors (Lipinski definition) is 8. The average molecular weight is 338 g/mol. The molecule has 9 nitrogen and oxygen atoms in total. The molecule has 0 aromatic carbocycles. The van der Waals surface area contributed by atoms with Crippen LogP contribution in [0.3, 0.4) is 0 Å². The van der Waals surface area contributed by atoms with Gasteiger partial charge in [-0.3, -0.25) is 9.59 Å². The third-order valence-corrected chi connectivity index (χ3v) is 4.79. The summed E-state index contributed by atoms with van der Waals surface area (Å²) in [6.07, 6.45) is -3.77. The van der Waals surface area contributed by atoms with Gasteiger partial charge in [-0.05, 0) is 0 Å². The second kappa shape index (κ2) is 8.09. The number of amides is 1. The van der Waals surface area contributed by atoms with E-state index in [1.807, 2.05) is 0 Å². The number of carboxylic acids is 1. The van der Waals surface area contributed by atoms with Crippen LogP contribution < -0.4 is 11.1 Å². The number of aliphatic hydroxyl groups excluding tert-OH is 3. The maximum Gasteiger partial charge on any atom is 0.321 e. The Hall–Kier alpha value is -0.910. The number of nitrogens with one attached hydrogen (secondary N) is 1. The van der Waals surface area contributed by atoms with E-state index in [4.69, 9.17) is 15.6 Å². The minimum absolute atomic E-state index is 0.442. The summed E-state index contributed by atoms with van der Waals surface area (Å²) >= 11 is 1.01. The van der Waals surface area contributed by atoms with Crippen LogP contribution in [-0.4, -0.2) is 80.0 Å². The SMILES string of the molecule is CC(=O)N[C@@H]1[C@@H](O)[C@H](O)[C@@H](CO)O[C@H]1S[C@H](C)[C@H](N)C(=O)O. The molecule has 10 heteroatoms. The number of aliphatic carboxylic acids is 1. The van der Waals surface area contributed by atoms with E-state index in [1.54, 1.807) is 6.92 Å². The van der Waals surface area contributed by atoms with E-state index in [0.717, 1.165) is 11.8 Å². The lowest BCUT2D eigenvalue weighted by Crippen LogP contribution is -2.63. The lowest BCUT2D eigenvalue weighted by molar-refractivity contribution is -0.173. The molecule has 0 radical (unpaired) electrons. The van der Waals surface area contributed by atoms with E-state index >= 15 is 0 Å². The summed E-state index contributed by atoms with van der Waals surface area (Å²) in [7, 11) is 0. The summed E-state index contributed by atoms with van der Waals surface area (Å²) in [5.41, 5.74) is 4.67. The predicted molar refractivity (Wildman–Crippen MR) is 78.0 cm³/mol. The number of carbonyl (C=O) groups excluding carboxylic acids is 1. The van der Waals surface area contributed by atoms with Crippen molar-refractivity contribution in [1.82, 2.24) is 5.32 Å². The quantitative estimate of drug-likeness (QED) is 0.306. The first-order valence-electron chi connectivity index (χ1n) is 6.72. The van der Waals surface area contributed by atoms with Gasteiger partial charge in [0.05, 0.1) is 12.6 Å². The van der Waals surface area contributed by atoms with Crippen LogP contribution in [0.4, 0.5) is 0 Å². The summed E-state index contributed by atoms with van der Waals surface area (Å²) < 4.78 is 5.47. The Bertz CT molecular complexity index is 411. The molecule has 1 aliphatic rings. The van der Waals surface area contributed by atoms with Crippen LogP contribution in [0.15, 0.2) is 0 Å². The van der Waals surface area contributed by atoms with Crippen LogP contribution >= 0.6 is 11.8 Å². The van der Waals surface area contributed by atoms with E-state index in [0.29, 0.717) is 0 Å². The second-order valence-electron chi connectivity index (χ2n) is 5.14. The first-order valence-corrected chi connectivity index (χ1v) is 7.66. The second-order valence-corrected chi connectivity index (χ2v) is 6.62. The third-order valence-electron chi connectivity index (χ3n) is 3.39. The largest absolute Gasteiger partial charge is 0.480 e. The Morgan fingerprint density at radius 1 is 1.36 bits per heavy atom. The number of carboxylic acid groups (broad SMARTS) is 1. The van der Waals surface area contributed by atoms with Gasteiger partial charge < -0.3 is 36.2 Å². The van der Waals surface area contributed by atoms with Gasteiger partial charge in [0.15, 0.2) is 0 Å². The van der Waals surface area contributed by atoms with Gasteiger partial charge in [-0.1, -0.05) is 6.92 Å². The molecule has 0 unspecified atom stereocenters. The maximum atomic E-state index is 11.3. The van der Waals surface area contributed by atoms with Gasteiger partial charge in [0, 0.05) is 12.2 Å². The fourth-order valence-electron chi connectivity index (χ4n) is 2.08. The Kier molecular flexibility index (Phi) is 7.03. The van der Waals surface area contributed by atoms with Crippen molar-refractivity contribution in [3.63, 3.8) is 0 Å². The number of ether oxygens (including phenoxy) is 1. The van der Waals surface area contributed by atoms with Gasteiger partial charge in [0.1, 0.15) is 29.8 Å². The van der Waals surface area contributed by atoms with Crippen molar-refractivity contribution < 1.29 is 34.8 Å². The monoisotopic (exact) mass is 338 g/mol. The molecule has 0 saturated carbocycles. The normalized spacial score (nSPS) is 34.7. The van der Waals surface area contributed by atoms with Gasteiger partial charge in [-0.15, -0.1) is 11.8 Å². The molecule has 0 spiro atoms. The van der Waals surface area contributed by atoms with Gasteiger partial charge in [-0.25, -0.2) is 0 Å². The van der Waals surface area contributed by atoms with Crippen LogP contribution in [0.2, 0.25) is 0 Å². The molecule has 1 rings (SSSR count). The molecule has 0 bridgehead atoms. The fourth-order valence-corrected chi connectivity index (χ4v) is 3.40. The minimum Gasteiger partial charge on any atom is -0.480 e. The molecule has 1 amide bonds. The molecule has 0 aromatic heterocycles. The molecular weight excluding hydrogens is 316 g/mol. The van der Waals surface area contributed by atoms with Gasteiger partial charge in [-0.2, -0.15) is 0 Å². The topological polar surface area (TPSA) is 162 Å². The highest BCUT2D eigenvalue weighted by Gasteiger charge is 2.45. The van der Waals surface area contributed by atoms with Crippen LogP contribution in [0, 0.1) is 0 Å². The van der Waals surface area contributed by atoms with E-state index in [1.165, 1.54) is 6.92 Å². The van der Waals surface area contributed by atoms with E-state index in [2.05, 4.69) is 5.32 Å². The Morgan fingerprint density at radius 3 is 2.41 bits per heavy atom. The summed E-state index contributed by atoms with van der Waals surface area (Å²) in [6, 6.07) is -2.12. The van der Waals surface area contributed by atoms with E-state index < -0.39 is 59.6 Å². The average Bonchev–Trinajstić information content (AvgIpc) is 2.45. The minimum atomic E-state index is -1.37. The zero-order valence-electron chi connectivity index (χ0n) is 12.2. The standard InChI is InChI=1S/C12H22N2O7S/c1-4(7(13)11(19)20)22-12-8(14-5(2)16)10(18)9(17)6(3-15)21-12/h4,6-10,12,15,17-18H,3,13H2,1-2H3,(H,14,16)(H,19,20)/t4-,6-,7+,8-,9-,10-,12+/m1/s1. The zero-order valence-corrected chi connectivity index (χ0v) is 13.1. The van der Waals surface area contributed by atoms with E-state index in [-0.39, 0.29) is 0 Å². The molecule has 7 N–H and O–H groups in total. The molecule has 128 valence electrons. The van der Waals surface area contributed by atoms with Crippen molar-refractivity contribution in [2.24, 2.45) is 5.73 Å². The van der Waals surface area contributed by atoms with E-state index in [9.17, 15) is 24.9 Å². The lowest BCUT2D eigenvalue weighted by Gasteiger charge is -2.43. The van der Waals surface area contributed by atoms with Crippen molar-refractivity contribution in [3.05, 3.63) is 0 Å². The smallest absolute Gasteiger partial charge is 0.321 e. The van der Waals surface area contributed by atoms with Crippen LogP contribution in [0.25, 0.3) is 0 Å². The molecule has 0 aliphatic carbocycles. The zero-order chi connectivity index (χ0) is 17.0. The molecule has 1 saturated heterocycles. The summed E-state index contributed by atoms with van der Waals surface area (Å²) in [5.74, 6) is -1.63. The third kappa shape index (κ3) is 4.54. The molecule has 1 heterocycles. The Labute approximate surface area is 131 Å². The highest BCUT2D eigenvalue weighted by atomic mass is 32.2. The fraction of sp³-hybridized carbons (Fsp3) is 0.833. The molecular formula is C12H22N2O7S. The summed E-state index contributed by atoms with van der Waals surface area (Å²) in [5, 5.41) is 39.9. The number of carbonyl (C=O) groups is 2. The number of nitrogens with two attached hydrogens (primary N) is 1. The maximum absolute atomic E-state index is 11.3. The van der Waals surface area contributed by atoms with Crippen molar-refractivity contribution in [1.29, 1.82) is 0 Å². The number of aliphatic hydroxyl groups is 3. The van der Waals surface area contributed by atoms with Crippen LogP contribution in [0.1, 0.15) is 13.8 Å². The van der Waals surface area contributed by atoms with Gasteiger partial charge in [0.2, 0.25) is 5.91 Å². The number of hydrogen-bond donors (Lipinski definition) is 6. The first-order chi connectivity index (χ1) is 10.2. The highest BCUT2D eigenvalue weighted by Crippen LogP contribution is 2.31. The molecule has 0 aromatic rings. The first kappa shape index (κ1) is 19.1. The van der Waals surface area contributed by atoms with Gasteiger partial charge in [0.25, 0.3) is 0 Å². The Balaban J connectivity index is 2.89. The number of rotatable bonds is 6. The van der Waals surface area contributed by atoms with Crippen LogP contribution in [0.5, 0.6) is 0 Å². The summed E-state index contributed by atoms with van der Waals surface area (Å²) in [6.45, 7) is 2.29. The number of thioether (sulfide) groups is 1. The van der Waals surface area contributed by atoms with Crippen molar-refractivity contribution >= 4 is 23.6 Å². The predicted octanol–water partition coefficient (Wildman–Crippen LogP) is -2.54. The van der Waals surface area contributed by atoms with Crippen molar-refractivity contribution in [2.75, 3.05) is 6.61 Å². The van der Waals surface area contributed by atoms with Gasteiger partial charge >= 0.3 is 5.97 Å². The molecule has 7 atom stereocenters. The molecule has 1 aliphatic heterocycles. The van der Waals surface area contributed by atoms with Crippen molar-refractivity contribution in [2.45, 2.75) is 54.9 Å². The molecule has 1 fully saturated rings. The lowest BCUT2D eigenvalue weighted by atomic mass is 9.98. The van der Waals surface area contributed by atoms with Crippen LogP contribution in [-0.2, 0) is 14.3 Å². The molecule has 22 heavy (non-hydrogen) atoms. The highest BCUT2D eigenvalue weighted by molar-refractivity contribution is 8.00. The van der Waals surface area contributed by atoms with Crippen molar-refractivity contribution in [3.8, 4) is 0 Å². The Morgan fingerprint density at radius 2 is 1.95 bits per heavy atom.